The van der Waals surface area contributed by atoms with Gasteiger partial charge in [-0.25, -0.2) is 4.98 Å². The van der Waals surface area contributed by atoms with E-state index in [1.54, 1.807) is 0 Å². The van der Waals surface area contributed by atoms with Gasteiger partial charge in [0, 0.05) is 49.5 Å². The van der Waals surface area contributed by atoms with Crippen LogP contribution in [0.1, 0.15) is 104 Å². The van der Waals surface area contributed by atoms with Gasteiger partial charge >= 0.3 is 0 Å². The first-order valence-electron chi connectivity index (χ1n) is 23.6. The van der Waals surface area contributed by atoms with Crippen molar-refractivity contribution in [3.63, 3.8) is 0 Å². The Morgan fingerprint density at radius 3 is 1.85 bits per heavy atom. The number of hydrogen-bond donors (Lipinski definition) is 1. The Balaban J connectivity index is 0.00000578. The Kier molecular flexibility index (Phi) is 11.7. The third-order valence-corrected chi connectivity index (χ3v) is 13.9. The summed E-state index contributed by atoms with van der Waals surface area (Å²) in [6.07, 6.45) is 1.84. The van der Waals surface area contributed by atoms with Gasteiger partial charge in [0.05, 0.1) is 22.3 Å². The molecule has 0 bridgehead atoms. The van der Waals surface area contributed by atoms with Crippen LogP contribution >= 0.6 is 0 Å². The van der Waals surface area contributed by atoms with Crippen LogP contribution in [0, 0.1) is 6.07 Å². The SMILES string of the molecule is CC(C)(C)c1cc(-c2ccccn2)[c-]c(-c2cccc3c2nc(-c2cc(C(C)(C)C)cc(C(C)(C)C)c2O)n3-c2ccc(-c3ccc4c(c3)C(C)(C)c3ccccc3-4)cc2-c2ccccc2)c1.[Pt]. The normalized spacial score (nSPS) is 13.3. The minimum Gasteiger partial charge on any atom is -0.507 e. The van der Waals surface area contributed by atoms with Gasteiger partial charge in [-0.2, -0.15) is 0 Å². The maximum atomic E-state index is 12.6. The molecule has 10 rings (SSSR count). The zero-order chi connectivity index (χ0) is 47.2. The van der Waals surface area contributed by atoms with E-state index < -0.39 is 0 Å². The van der Waals surface area contributed by atoms with Gasteiger partial charge in [-0.1, -0.05) is 190 Å². The number of hydrogen-bond acceptors (Lipinski definition) is 3. The minimum absolute atomic E-state index is 0. The second-order valence-corrected chi connectivity index (χ2v) is 22.1. The van der Waals surface area contributed by atoms with Gasteiger partial charge in [0.1, 0.15) is 11.6 Å². The number of aromatic hydroxyl groups is 1. The van der Waals surface area contributed by atoms with Crippen LogP contribution in [0.3, 0.4) is 0 Å². The molecule has 0 aliphatic heterocycles. The third-order valence-electron chi connectivity index (χ3n) is 13.9. The molecule has 0 saturated heterocycles. The fourth-order valence-electron chi connectivity index (χ4n) is 10.0. The first-order chi connectivity index (χ1) is 31.8. The standard InChI is InChI=1S/C63H60N3O.Pt/c1-60(2,3)44-33-42(32-43(34-44)54-25-17-18-31-64-54)46-23-19-26-56-57(46)65-59(50-37-45(61(4,5)6)38-53(58(50)67)62(7,8)9)66(56)55-30-28-40(35-49(55)39-20-13-12-14-21-39)41-27-29-48-47-22-15-16-24-51(47)63(10,11)52(48)36-41;/h12-31,33-38,67H,1-11H3;/q-1;. The number of para-hydroxylation sites is 1. The topological polar surface area (TPSA) is 50.9 Å². The molecule has 7 aromatic carbocycles. The summed E-state index contributed by atoms with van der Waals surface area (Å²) in [6, 6.07) is 58.4. The van der Waals surface area contributed by atoms with E-state index in [0.717, 1.165) is 66.9 Å². The number of benzene rings is 7. The largest absolute Gasteiger partial charge is 0.507 e. The second-order valence-electron chi connectivity index (χ2n) is 22.1. The Bertz CT molecular complexity index is 3380. The molecule has 0 unspecified atom stereocenters. The van der Waals surface area contributed by atoms with Gasteiger partial charge in [0.15, 0.2) is 0 Å². The average molecular weight is 1070 g/mol. The van der Waals surface area contributed by atoms with Gasteiger partial charge in [0.25, 0.3) is 0 Å². The van der Waals surface area contributed by atoms with Crippen molar-refractivity contribution >= 4 is 11.0 Å². The van der Waals surface area contributed by atoms with E-state index in [9.17, 15) is 5.11 Å². The fraction of sp³-hybridized carbons (Fsp3) is 0.238. The van der Waals surface area contributed by atoms with Gasteiger partial charge in [0.2, 0.25) is 0 Å². The number of imidazole rings is 1. The van der Waals surface area contributed by atoms with Crippen molar-refractivity contribution < 1.29 is 26.2 Å². The molecule has 0 saturated carbocycles. The number of fused-ring (bicyclic) bond motifs is 4. The van der Waals surface area contributed by atoms with Crippen molar-refractivity contribution in [3.8, 4) is 78.6 Å². The molecular formula is C63H60N3OPt-. The smallest absolute Gasteiger partial charge is 0.148 e. The van der Waals surface area contributed by atoms with Crippen LogP contribution in [-0.4, -0.2) is 19.6 Å². The second kappa shape index (κ2) is 17.0. The van der Waals surface area contributed by atoms with E-state index >= 15 is 0 Å². The molecule has 0 atom stereocenters. The van der Waals surface area contributed by atoms with Crippen molar-refractivity contribution in [2.24, 2.45) is 0 Å². The third kappa shape index (κ3) is 8.15. The molecule has 2 aromatic heterocycles. The molecular weight excluding hydrogens is 1010 g/mol. The zero-order valence-corrected chi connectivity index (χ0v) is 43.4. The molecule has 1 N–H and O–H groups in total. The van der Waals surface area contributed by atoms with Crippen LogP contribution in [-0.2, 0) is 42.7 Å². The summed E-state index contributed by atoms with van der Waals surface area (Å²) in [5.74, 6) is 0.924. The molecule has 4 nitrogen and oxygen atoms in total. The molecule has 1 aliphatic carbocycles. The summed E-state index contributed by atoms with van der Waals surface area (Å²) >= 11 is 0. The molecule has 1 aliphatic rings. The van der Waals surface area contributed by atoms with E-state index in [4.69, 9.17) is 9.97 Å². The van der Waals surface area contributed by atoms with Crippen LogP contribution < -0.4 is 0 Å². The summed E-state index contributed by atoms with van der Waals surface area (Å²) in [5.41, 5.74) is 19.3. The quantitative estimate of drug-likeness (QED) is 0.169. The Morgan fingerprint density at radius 1 is 0.515 bits per heavy atom. The predicted molar refractivity (Wildman–Crippen MR) is 280 cm³/mol. The summed E-state index contributed by atoms with van der Waals surface area (Å²) in [6.45, 7) is 24.6. The molecule has 5 heteroatoms. The molecule has 0 fully saturated rings. The van der Waals surface area contributed by atoms with E-state index in [2.05, 4.69) is 220 Å². The van der Waals surface area contributed by atoms with E-state index in [1.165, 1.54) is 33.4 Å². The maximum absolute atomic E-state index is 12.6. The summed E-state index contributed by atoms with van der Waals surface area (Å²) in [5, 5.41) is 12.6. The first kappa shape index (κ1) is 46.7. The van der Waals surface area contributed by atoms with Crippen LogP contribution in [0.15, 0.2) is 158 Å². The van der Waals surface area contributed by atoms with Crippen molar-refractivity contribution in [2.75, 3.05) is 0 Å². The molecule has 2 heterocycles. The van der Waals surface area contributed by atoms with Crippen molar-refractivity contribution in [1.29, 1.82) is 0 Å². The van der Waals surface area contributed by atoms with E-state index in [-0.39, 0.29) is 48.5 Å². The fourth-order valence-corrected chi connectivity index (χ4v) is 10.0. The monoisotopic (exact) mass is 1070 g/mol. The molecule has 0 spiro atoms. The summed E-state index contributed by atoms with van der Waals surface area (Å²) < 4.78 is 2.29. The van der Waals surface area contributed by atoms with Crippen LogP contribution in [0.25, 0.3) is 83.9 Å². The molecule has 9 aromatic rings. The number of nitrogens with zero attached hydrogens (tertiary/aromatic N) is 3. The number of aromatic nitrogens is 3. The van der Waals surface area contributed by atoms with Crippen LogP contribution in [0.4, 0.5) is 0 Å². The van der Waals surface area contributed by atoms with Crippen LogP contribution in [0.2, 0.25) is 0 Å². The van der Waals surface area contributed by atoms with Crippen LogP contribution in [0.5, 0.6) is 5.75 Å². The number of rotatable bonds is 6. The molecule has 344 valence electrons. The minimum atomic E-state index is -0.338. The predicted octanol–water partition coefficient (Wildman–Crippen LogP) is 16.5. The number of phenols is 1. The van der Waals surface area contributed by atoms with E-state index in [0.29, 0.717) is 11.4 Å². The maximum Gasteiger partial charge on any atom is 0.148 e. The van der Waals surface area contributed by atoms with Gasteiger partial charge in [-0.15, -0.1) is 29.3 Å². The van der Waals surface area contributed by atoms with Gasteiger partial charge in [-0.3, -0.25) is 9.55 Å². The van der Waals surface area contributed by atoms with Crippen molar-refractivity contribution in [3.05, 3.63) is 192 Å². The molecule has 0 radical (unpaired) electrons. The van der Waals surface area contributed by atoms with E-state index in [1.807, 2.05) is 24.4 Å². The van der Waals surface area contributed by atoms with Crippen molar-refractivity contribution in [1.82, 2.24) is 14.5 Å². The summed E-state index contributed by atoms with van der Waals surface area (Å²) in [7, 11) is 0. The van der Waals surface area contributed by atoms with Gasteiger partial charge < -0.3 is 5.11 Å². The Hall–Kier alpha value is -6.35. The average Bonchev–Trinajstić information content (AvgIpc) is 3.80. The summed E-state index contributed by atoms with van der Waals surface area (Å²) in [4.78, 5) is 10.4. The molecule has 68 heavy (non-hydrogen) atoms. The van der Waals surface area contributed by atoms with Gasteiger partial charge in [-0.05, 0) is 97.2 Å². The Labute approximate surface area is 417 Å². The molecule has 0 amide bonds. The Morgan fingerprint density at radius 2 is 1.15 bits per heavy atom. The number of pyridine rings is 1. The first-order valence-corrected chi connectivity index (χ1v) is 23.6. The zero-order valence-electron chi connectivity index (χ0n) is 41.1. The number of phenolic OH excluding ortho intramolecular Hbond substituents is 1. The van der Waals surface area contributed by atoms with Crippen molar-refractivity contribution in [2.45, 2.75) is 97.8 Å².